The molecule has 3 rings (SSSR count). The first kappa shape index (κ1) is 23.5. The summed E-state index contributed by atoms with van der Waals surface area (Å²) in [5, 5.41) is 11.8. The number of hydrogen-bond acceptors (Lipinski definition) is 5. The molecule has 0 saturated carbocycles. The first-order valence-electron chi connectivity index (χ1n) is 9.99. The smallest absolute Gasteiger partial charge is 0.387 e. The lowest BCUT2D eigenvalue weighted by atomic mass is 10.0. The van der Waals surface area contributed by atoms with Crippen LogP contribution in [0.3, 0.4) is 0 Å². The van der Waals surface area contributed by atoms with Crippen LogP contribution in [-0.4, -0.2) is 33.0 Å². The van der Waals surface area contributed by atoms with Gasteiger partial charge in [0.1, 0.15) is 5.75 Å². The molecule has 32 heavy (non-hydrogen) atoms. The van der Waals surface area contributed by atoms with E-state index in [1.165, 1.54) is 29.5 Å². The highest BCUT2D eigenvalue weighted by Gasteiger charge is 2.16. The van der Waals surface area contributed by atoms with Crippen molar-refractivity contribution < 1.29 is 18.3 Å². The maximum absolute atomic E-state index is 12.4. The number of benzene rings is 2. The fourth-order valence-corrected chi connectivity index (χ4v) is 3.71. The number of ether oxygens (including phenoxy) is 1. The van der Waals surface area contributed by atoms with Gasteiger partial charge in [0, 0.05) is 17.8 Å². The van der Waals surface area contributed by atoms with E-state index in [-0.39, 0.29) is 17.4 Å². The number of thioether (sulfide) groups is 1. The molecule has 9 heteroatoms. The number of carbonyl (C=O) groups is 1. The molecule has 6 nitrogen and oxygen atoms in total. The molecule has 3 aromatic rings. The van der Waals surface area contributed by atoms with E-state index < -0.39 is 6.61 Å². The average Bonchev–Trinajstić information content (AvgIpc) is 3.15. The van der Waals surface area contributed by atoms with Gasteiger partial charge in [0.2, 0.25) is 5.91 Å². The zero-order valence-corrected chi connectivity index (χ0v) is 18.6. The second kappa shape index (κ2) is 10.9. The van der Waals surface area contributed by atoms with Gasteiger partial charge in [-0.15, -0.1) is 16.8 Å². The Morgan fingerprint density at radius 1 is 1.16 bits per heavy atom. The molecule has 0 fully saturated rings. The summed E-state index contributed by atoms with van der Waals surface area (Å²) in [7, 11) is 0. The highest BCUT2D eigenvalue weighted by Crippen LogP contribution is 2.26. The first-order valence-corrected chi connectivity index (χ1v) is 11.0. The van der Waals surface area contributed by atoms with Crippen molar-refractivity contribution in [2.24, 2.45) is 0 Å². The van der Waals surface area contributed by atoms with E-state index >= 15 is 0 Å². The van der Waals surface area contributed by atoms with Gasteiger partial charge in [-0.25, -0.2) is 0 Å². The normalized spacial score (nSPS) is 11.1. The molecular formula is C23H24F2N4O2S. The number of aromatic nitrogens is 3. The molecule has 1 aromatic heterocycles. The lowest BCUT2D eigenvalue weighted by Gasteiger charge is -2.10. The molecule has 0 unspecified atom stereocenters. The van der Waals surface area contributed by atoms with Crippen molar-refractivity contribution in [3.63, 3.8) is 0 Å². The quantitative estimate of drug-likeness (QED) is 0.317. The van der Waals surface area contributed by atoms with E-state index in [9.17, 15) is 13.6 Å². The van der Waals surface area contributed by atoms with Gasteiger partial charge < -0.3 is 10.1 Å². The molecule has 1 amide bonds. The van der Waals surface area contributed by atoms with E-state index in [0.29, 0.717) is 29.0 Å². The lowest BCUT2D eigenvalue weighted by molar-refractivity contribution is -0.113. The van der Waals surface area contributed by atoms with Crippen LogP contribution in [0.15, 0.2) is 66.3 Å². The Bertz CT molecular complexity index is 1050. The number of alkyl halides is 2. The van der Waals surface area contributed by atoms with Crippen LogP contribution in [0.2, 0.25) is 0 Å². The number of anilines is 1. The monoisotopic (exact) mass is 458 g/mol. The van der Waals surface area contributed by atoms with Crippen LogP contribution in [0.5, 0.6) is 5.75 Å². The average molecular weight is 459 g/mol. The van der Waals surface area contributed by atoms with Gasteiger partial charge in [0.15, 0.2) is 11.0 Å². The number of nitrogens with one attached hydrogen (secondary N) is 1. The van der Waals surface area contributed by atoms with Crippen molar-refractivity contribution in [1.82, 2.24) is 14.8 Å². The van der Waals surface area contributed by atoms with Crippen LogP contribution in [0.1, 0.15) is 25.3 Å². The number of halogens is 2. The van der Waals surface area contributed by atoms with E-state index in [1.807, 2.05) is 28.8 Å². The number of nitrogens with zero attached hydrogens (tertiary/aromatic N) is 3. The summed E-state index contributed by atoms with van der Waals surface area (Å²) in [5.74, 6) is 1.03. The van der Waals surface area contributed by atoms with Crippen molar-refractivity contribution in [1.29, 1.82) is 0 Å². The van der Waals surface area contributed by atoms with Crippen molar-refractivity contribution >= 4 is 23.4 Å². The van der Waals surface area contributed by atoms with Gasteiger partial charge in [0.25, 0.3) is 0 Å². The Morgan fingerprint density at radius 3 is 2.44 bits per heavy atom. The summed E-state index contributed by atoms with van der Waals surface area (Å²) in [6.45, 7) is 5.54. The van der Waals surface area contributed by atoms with Crippen LogP contribution in [0.25, 0.3) is 11.4 Å². The van der Waals surface area contributed by atoms with Gasteiger partial charge >= 0.3 is 6.61 Å². The van der Waals surface area contributed by atoms with Gasteiger partial charge in [-0.05, 0) is 47.9 Å². The standard InChI is InChI=1S/C23H24F2N4O2S/c1-4-13-29-21(17-7-11-19(12-8-17)31-22(24)25)27-28-23(29)32-14-20(30)26-18-9-5-16(6-10-18)15(2)3/h4-12,15,22H,1,13-14H2,2-3H3,(H,26,30). The van der Waals surface area contributed by atoms with Gasteiger partial charge in [-0.3, -0.25) is 9.36 Å². The number of allylic oxidation sites excluding steroid dienone is 1. The maximum Gasteiger partial charge on any atom is 0.387 e. The Balaban J connectivity index is 1.67. The second-order valence-electron chi connectivity index (χ2n) is 7.22. The topological polar surface area (TPSA) is 69.0 Å². The van der Waals surface area contributed by atoms with Crippen LogP contribution < -0.4 is 10.1 Å². The molecule has 0 aliphatic rings. The van der Waals surface area contributed by atoms with Crippen molar-refractivity contribution in [3.8, 4) is 17.1 Å². The summed E-state index contributed by atoms with van der Waals surface area (Å²) in [5.41, 5.74) is 2.62. The molecule has 0 atom stereocenters. The van der Waals surface area contributed by atoms with E-state index in [4.69, 9.17) is 0 Å². The van der Waals surface area contributed by atoms with Crippen LogP contribution >= 0.6 is 11.8 Å². The summed E-state index contributed by atoms with van der Waals surface area (Å²) in [6, 6.07) is 13.9. The number of rotatable bonds is 10. The van der Waals surface area contributed by atoms with Crippen LogP contribution in [0, 0.1) is 0 Å². The molecule has 168 valence electrons. The minimum absolute atomic E-state index is 0.0613. The molecule has 0 spiro atoms. The molecular weight excluding hydrogens is 434 g/mol. The zero-order chi connectivity index (χ0) is 23.1. The van der Waals surface area contributed by atoms with Gasteiger partial charge in [-0.2, -0.15) is 8.78 Å². The third kappa shape index (κ3) is 6.16. The van der Waals surface area contributed by atoms with Gasteiger partial charge in [-0.1, -0.05) is 43.8 Å². The molecule has 0 radical (unpaired) electrons. The fraction of sp³-hybridized carbons (Fsp3) is 0.261. The number of amides is 1. The summed E-state index contributed by atoms with van der Waals surface area (Å²) in [6.07, 6.45) is 1.70. The summed E-state index contributed by atoms with van der Waals surface area (Å²) < 4.78 is 30.9. The fourth-order valence-electron chi connectivity index (χ4n) is 2.97. The Morgan fingerprint density at radius 2 is 1.84 bits per heavy atom. The molecule has 2 aromatic carbocycles. The lowest BCUT2D eigenvalue weighted by Crippen LogP contribution is -2.14. The van der Waals surface area contributed by atoms with Crippen molar-refractivity contribution in [2.45, 2.75) is 38.1 Å². The Labute approximate surface area is 189 Å². The Kier molecular flexibility index (Phi) is 7.99. The highest BCUT2D eigenvalue weighted by molar-refractivity contribution is 7.99. The SMILES string of the molecule is C=CCn1c(SCC(=O)Nc2ccc(C(C)C)cc2)nnc1-c1ccc(OC(F)F)cc1. The molecule has 0 aliphatic heterocycles. The second-order valence-corrected chi connectivity index (χ2v) is 8.16. The van der Waals surface area contributed by atoms with Crippen LogP contribution in [0.4, 0.5) is 14.5 Å². The maximum atomic E-state index is 12.4. The molecule has 0 bridgehead atoms. The third-order valence-electron chi connectivity index (χ3n) is 4.56. The van der Waals surface area contributed by atoms with Crippen LogP contribution in [-0.2, 0) is 11.3 Å². The first-order chi connectivity index (χ1) is 15.4. The predicted octanol–water partition coefficient (Wildman–Crippen LogP) is 5.59. The van der Waals surface area contributed by atoms with Crippen molar-refractivity contribution in [3.05, 3.63) is 66.7 Å². The number of hydrogen-bond donors (Lipinski definition) is 1. The van der Waals surface area contributed by atoms with E-state index in [0.717, 1.165) is 5.69 Å². The number of carbonyl (C=O) groups excluding carboxylic acids is 1. The summed E-state index contributed by atoms with van der Waals surface area (Å²) in [4.78, 5) is 12.4. The predicted molar refractivity (Wildman–Crippen MR) is 122 cm³/mol. The minimum atomic E-state index is -2.88. The van der Waals surface area contributed by atoms with E-state index in [1.54, 1.807) is 18.2 Å². The van der Waals surface area contributed by atoms with Gasteiger partial charge in [0.05, 0.1) is 5.75 Å². The largest absolute Gasteiger partial charge is 0.435 e. The highest BCUT2D eigenvalue weighted by atomic mass is 32.2. The molecule has 1 N–H and O–H groups in total. The van der Waals surface area contributed by atoms with E-state index in [2.05, 4.69) is 40.7 Å². The molecule has 1 heterocycles. The Hall–Kier alpha value is -3.20. The van der Waals surface area contributed by atoms with Crippen molar-refractivity contribution in [2.75, 3.05) is 11.1 Å². The molecule has 0 aliphatic carbocycles. The minimum Gasteiger partial charge on any atom is -0.435 e. The third-order valence-corrected chi connectivity index (χ3v) is 5.53. The zero-order valence-electron chi connectivity index (χ0n) is 17.8. The molecule has 0 saturated heterocycles. The summed E-state index contributed by atoms with van der Waals surface area (Å²) >= 11 is 1.26.